The third-order valence-electron chi connectivity index (χ3n) is 8.72. The fourth-order valence-corrected chi connectivity index (χ4v) is 6.54. The number of nitrogens with one attached hydrogen (secondary N) is 1. The summed E-state index contributed by atoms with van der Waals surface area (Å²) in [7, 11) is 0. The lowest BCUT2D eigenvalue weighted by Gasteiger charge is -2.36. The molecule has 0 radical (unpaired) electrons. The van der Waals surface area contributed by atoms with Crippen LogP contribution in [0.25, 0.3) is 0 Å². The minimum absolute atomic E-state index is 0.0459. The number of nitrogens with zero attached hydrogens (tertiary/aromatic N) is 2. The van der Waals surface area contributed by atoms with Crippen LogP contribution in [0.5, 0.6) is 0 Å². The molecule has 4 rings (SSSR count). The summed E-state index contributed by atoms with van der Waals surface area (Å²) in [6.07, 6.45) is 2.10. The predicted molar refractivity (Wildman–Crippen MR) is 156 cm³/mol. The van der Waals surface area contributed by atoms with Crippen molar-refractivity contribution in [2.24, 2.45) is 5.92 Å². The van der Waals surface area contributed by atoms with Gasteiger partial charge in [-0.15, -0.1) is 0 Å². The first-order valence-electron chi connectivity index (χ1n) is 14.4. The molecule has 5 nitrogen and oxygen atoms in total. The zero-order valence-corrected chi connectivity index (χ0v) is 25.2. The van der Waals surface area contributed by atoms with Crippen molar-refractivity contribution in [3.8, 4) is 0 Å². The fourth-order valence-electron chi connectivity index (χ4n) is 6.38. The zero-order chi connectivity index (χ0) is 29.4. The molecule has 8 heteroatoms. The van der Waals surface area contributed by atoms with E-state index >= 15 is 4.39 Å². The van der Waals surface area contributed by atoms with Gasteiger partial charge in [-0.25, -0.2) is 8.78 Å². The summed E-state index contributed by atoms with van der Waals surface area (Å²) in [4.78, 5) is 30.0. The smallest absolute Gasteiger partial charge is 0.227 e. The van der Waals surface area contributed by atoms with Crippen LogP contribution in [0.15, 0.2) is 30.3 Å². The minimum Gasteiger partial charge on any atom is -0.350 e. The van der Waals surface area contributed by atoms with Gasteiger partial charge >= 0.3 is 0 Å². The molecule has 218 valence electrons. The normalized spacial score (nSPS) is 21.5. The molecule has 2 unspecified atom stereocenters. The maximum atomic E-state index is 15.0. The van der Waals surface area contributed by atoms with Crippen molar-refractivity contribution >= 4 is 23.4 Å². The van der Waals surface area contributed by atoms with Gasteiger partial charge in [0.05, 0.1) is 12.0 Å². The predicted octanol–water partition coefficient (Wildman–Crippen LogP) is 6.73. The van der Waals surface area contributed by atoms with Crippen molar-refractivity contribution in [2.45, 2.75) is 84.2 Å². The number of hydrogen-bond donors (Lipinski definition) is 1. The third-order valence-corrected chi connectivity index (χ3v) is 8.95. The van der Waals surface area contributed by atoms with Crippen LogP contribution in [-0.2, 0) is 9.59 Å². The highest BCUT2D eigenvalue weighted by Gasteiger charge is 2.44. The molecule has 2 heterocycles. The van der Waals surface area contributed by atoms with Crippen molar-refractivity contribution < 1.29 is 18.4 Å². The van der Waals surface area contributed by atoms with E-state index in [9.17, 15) is 14.0 Å². The van der Waals surface area contributed by atoms with Crippen molar-refractivity contribution in [3.05, 3.63) is 69.2 Å². The number of carbonyl (C=O) groups is 2. The zero-order valence-electron chi connectivity index (χ0n) is 24.5. The molecule has 0 aliphatic carbocycles. The summed E-state index contributed by atoms with van der Waals surface area (Å²) < 4.78 is 29.8. The van der Waals surface area contributed by atoms with Crippen LogP contribution in [-0.4, -0.2) is 53.3 Å². The molecule has 2 aromatic rings. The summed E-state index contributed by atoms with van der Waals surface area (Å²) in [5.74, 6) is -1.24. The number of rotatable bonds is 6. The van der Waals surface area contributed by atoms with E-state index in [4.69, 9.17) is 11.6 Å². The molecule has 2 amide bonds. The van der Waals surface area contributed by atoms with Gasteiger partial charge in [0.25, 0.3) is 0 Å². The van der Waals surface area contributed by atoms with Crippen LogP contribution >= 0.6 is 11.6 Å². The van der Waals surface area contributed by atoms with Gasteiger partial charge in [-0.2, -0.15) is 0 Å². The molecule has 2 aliphatic heterocycles. The Labute approximate surface area is 242 Å². The van der Waals surface area contributed by atoms with Crippen molar-refractivity contribution in [1.82, 2.24) is 15.1 Å². The van der Waals surface area contributed by atoms with E-state index in [1.165, 1.54) is 13.0 Å². The molecule has 0 saturated carbocycles. The number of halogens is 3. The van der Waals surface area contributed by atoms with Crippen molar-refractivity contribution in [1.29, 1.82) is 0 Å². The second-order valence-electron chi connectivity index (χ2n) is 12.4. The van der Waals surface area contributed by atoms with Crippen LogP contribution < -0.4 is 5.32 Å². The molecule has 40 heavy (non-hydrogen) atoms. The van der Waals surface area contributed by atoms with E-state index in [0.717, 1.165) is 11.1 Å². The Morgan fingerprint density at radius 2 is 1.73 bits per heavy atom. The number of aryl methyl sites for hydroxylation is 1. The Kier molecular flexibility index (Phi) is 9.25. The molecule has 2 aliphatic rings. The Morgan fingerprint density at radius 1 is 1.05 bits per heavy atom. The van der Waals surface area contributed by atoms with Gasteiger partial charge in [0.2, 0.25) is 11.8 Å². The lowest BCUT2D eigenvalue weighted by atomic mass is 9.82. The fraction of sp³-hybridized carbons (Fsp3) is 0.562. The standard InChI is InChI=1S/C32H42ClF2N3O2/c1-7-30(36-20(3)39)25-14-19(2)28(34)16-24(25)21-10-12-37(13-11-21)31(40)27-18-38(32(4,5)6)17-26(27)23-9-8-22(33)15-29(23)35/h8-9,14-16,21,26-27,30H,7,10-13,17-18H2,1-6H3,(H,36,39)/t26?,27?,30-/m1/s1. The molecular formula is C32H42ClF2N3O2. The maximum absolute atomic E-state index is 15.0. The highest BCUT2D eigenvalue weighted by Crippen LogP contribution is 2.41. The first kappa shape index (κ1) is 30.4. The summed E-state index contributed by atoms with van der Waals surface area (Å²) in [6, 6.07) is 8.02. The van der Waals surface area contributed by atoms with E-state index < -0.39 is 0 Å². The van der Waals surface area contributed by atoms with E-state index in [1.807, 2.05) is 17.9 Å². The SMILES string of the molecule is CC[C@@H](NC(C)=O)c1cc(C)c(F)cc1C1CCN(C(=O)C2CN(C(C)(C)C)CC2c2ccc(Cl)cc2F)CC1. The summed E-state index contributed by atoms with van der Waals surface area (Å²) in [6.45, 7) is 13.9. The first-order valence-corrected chi connectivity index (χ1v) is 14.7. The summed E-state index contributed by atoms with van der Waals surface area (Å²) in [5.41, 5.74) is 2.81. The number of amides is 2. The number of piperidine rings is 1. The number of benzene rings is 2. The second kappa shape index (κ2) is 12.2. The van der Waals surface area contributed by atoms with E-state index in [-0.39, 0.29) is 52.8 Å². The van der Waals surface area contributed by atoms with E-state index in [1.54, 1.807) is 25.1 Å². The molecule has 1 N–H and O–H groups in total. The van der Waals surface area contributed by atoms with Crippen molar-refractivity contribution in [3.63, 3.8) is 0 Å². The van der Waals surface area contributed by atoms with Gasteiger partial charge in [-0.1, -0.05) is 30.7 Å². The molecule has 0 bridgehead atoms. The maximum Gasteiger partial charge on any atom is 0.227 e. The summed E-state index contributed by atoms with van der Waals surface area (Å²) in [5, 5.41) is 3.35. The Bertz CT molecular complexity index is 1250. The monoisotopic (exact) mass is 573 g/mol. The summed E-state index contributed by atoms with van der Waals surface area (Å²) >= 11 is 6.02. The highest BCUT2D eigenvalue weighted by molar-refractivity contribution is 6.30. The molecular weight excluding hydrogens is 532 g/mol. The Hall–Kier alpha value is -2.51. The first-order chi connectivity index (χ1) is 18.8. The topological polar surface area (TPSA) is 52.7 Å². The Balaban J connectivity index is 1.55. The van der Waals surface area contributed by atoms with E-state index in [0.29, 0.717) is 61.6 Å². The third kappa shape index (κ3) is 6.52. The minimum atomic E-state index is -0.372. The van der Waals surface area contributed by atoms with Crippen LogP contribution in [0.4, 0.5) is 8.78 Å². The van der Waals surface area contributed by atoms with Gasteiger partial charge in [-0.05, 0) is 93.3 Å². The average Bonchev–Trinajstić information content (AvgIpc) is 3.34. The van der Waals surface area contributed by atoms with Gasteiger partial charge in [0.15, 0.2) is 0 Å². The number of likely N-dealkylation sites (tertiary alicyclic amines) is 2. The van der Waals surface area contributed by atoms with Crippen LogP contribution in [0.3, 0.4) is 0 Å². The largest absolute Gasteiger partial charge is 0.350 e. The lowest BCUT2D eigenvalue weighted by Crippen LogP contribution is -2.44. The van der Waals surface area contributed by atoms with Crippen LogP contribution in [0.2, 0.25) is 5.02 Å². The second-order valence-corrected chi connectivity index (χ2v) is 12.9. The number of hydrogen-bond acceptors (Lipinski definition) is 3. The van der Waals surface area contributed by atoms with Gasteiger partial charge < -0.3 is 10.2 Å². The molecule has 0 spiro atoms. The van der Waals surface area contributed by atoms with Gasteiger partial charge in [0, 0.05) is 49.6 Å². The lowest BCUT2D eigenvalue weighted by molar-refractivity contribution is -0.136. The Morgan fingerprint density at radius 3 is 2.30 bits per heavy atom. The average molecular weight is 574 g/mol. The van der Waals surface area contributed by atoms with Crippen LogP contribution in [0, 0.1) is 24.5 Å². The molecule has 2 saturated heterocycles. The molecule has 2 aromatic carbocycles. The molecule has 2 fully saturated rings. The highest BCUT2D eigenvalue weighted by atomic mass is 35.5. The molecule has 3 atom stereocenters. The number of carbonyl (C=O) groups excluding carboxylic acids is 2. The van der Waals surface area contributed by atoms with E-state index in [2.05, 4.69) is 31.0 Å². The van der Waals surface area contributed by atoms with Gasteiger partial charge in [-0.3, -0.25) is 14.5 Å². The molecule has 0 aromatic heterocycles. The van der Waals surface area contributed by atoms with Gasteiger partial charge in [0.1, 0.15) is 11.6 Å². The quantitative estimate of drug-likeness (QED) is 0.417. The van der Waals surface area contributed by atoms with Crippen molar-refractivity contribution in [2.75, 3.05) is 26.2 Å². The van der Waals surface area contributed by atoms with Crippen LogP contribution in [0.1, 0.15) is 94.0 Å².